The van der Waals surface area contributed by atoms with Gasteiger partial charge in [0, 0.05) is 23.1 Å². The number of thioether (sulfide) groups is 1. The molecule has 2 aromatic carbocycles. The van der Waals surface area contributed by atoms with Crippen molar-refractivity contribution >= 4 is 40.0 Å². The lowest BCUT2D eigenvalue weighted by Gasteiger charge is -2.08. The fourth-order valence-corrected chi connectivity index (χ4v) is 3.68. The molecule has 0 bridgehead atoms. The molecule has 1 aromatic heterocycles. The number of pyridine rings is 1. The van der Waals surface area contributed by atoms with Gasteiger partial charge in [-0.15, -0.1) is 0 Å². The zero-order chi connectivity index (χ0) is 19.4. The summed E-state index contributed by atoms with van der Waals surface area (Å²) in [7, 11) is 0. The Morgan fingerprint density at radius 1 is 1.04 bits per heavy atom. The SMILES string of the molecule is CCC(=O)Nc1ccc(C(=O)CSc2cc(C)c3cccc(C)c3n2)cc1. The second-order valence-electron chi connectivity index (χ2n) is 6.44. The van der Waals surface area contributed by atoms with Crippen molar-refractivity contribution < 1.29 is 9.59 Å². The summed E-state index contributed by atoms with van der Waals surface area (Å²) < 4.78 is 0. The number of hydrogen-bond donors (Lipinski definition) is 1. The molecule has 1 heterocycles. The minimum atomic E-state index is -0.0438. The molecule has 0 spiro atoms. The van der Waals surface area contributed by atoms with Crippen LogP contribution < -0.4 is 5.32 Å². The third-order valence-corrected chi connectivity index (χ3v) is 5.30. The van der Waals surface area contributed by atoms with E-state index in [0.29, 0.717) is 23.4 Å². The number of benzene rings is 2. The highest BCUT2D eigenvalue weighted by Gasteiger charge is 2.10. The number of anilines is 1. The highest BCUT2D eigenvalue weighted by molar-refractivity contribution is 7.99. The summed E-state index contributed by atoms with van der Waals surface area (Å²) in [5.41, 5.74) is 4.62. The monoisotopic (exact) mass is 378 g/mol. The van der Waals surface area contributed by atoms with Crippen molar-refractivity contribution in [3.8, 4) is 0 Å². The molecule has 0 atom stereocenters. The minimum absolute atomic E-state index is 0.0395. The predicted molar refractivity (Wildman–Crippen MR) is 112 cm³/mol. The van der Waals surface area contributed by atoms with Crippen LogP contribution in [0.3, 0.4) is 0 Å². The van der Waals surface area contributed by atoms with Crippen molar-refractivity contribution in [3.63, 3.8) is 0 Å². The molecule has 0 unspecified atom stereocenters. The Morgan fingerprint density at radius 2 is 1.78 bits per heavy atom. The predicted octanol–water partition coefficient (Wildman–Crippen LogP) is 5.18. The normalized spacial score (nSPS) is 10.8. The third-order valence-electron chi connectivity index (χ3n) is 4.39. The van der Waals surface area contributed by atoms with Gasteiger partial charge in [0.05, 0.1) is 16.3 Å². The summed E-state index contributed by atoms with van der Waals surface area (Å²) in [5.74, 6) is 0.320. The van der Waals surface area contributed by atoms with Gasteiger partial charge in [0.1, 0.15) is 0 Å². The molecule has 0 aliphatic carbocycles. The molecule has 0 fully saturated rings. The highest BCUT2D eigenvalue weighted by Crippen LogP contribution is 2.26. The average molecular weight is 378 g/mol. The topological polar surface area (TPSA) is 59.1 Å². The van der Waals surface area contributed by atoms with E-state index in [-0.39, 0.29) is 11.7 Å². The van der Waals surface area contributed by atoms with E-state index in [2.05, 4.69) is 18.3 Å². The Bertz CT molecular complexity index is 997. The number of Topliss-reactive ketones (excluding diaryl/α,β-unsaturated/α-hetero) is 1. The lowest BCUT2D eigenvalue weighted by molar-refractivity contribution is -0.115. The molecular formula is C22H22N2O2S. The number of para-hydroxylation sites is 1. The lowest BCUT2D eigenvalue weighted by Crippen LogP contribution is -2.09. The molecule has 0 saturated carbocycles. The van der Waals surface area contributed by atoms with Gasteiger partial charge in [-0.25, -0.2) is 4.98 Å². The standard InChI is InChI=1S/C22H22N2O2S/c1-4-20(26)23-17-10-8-16(9-11-17)19(25)13-27-21-12-15(3)18-7-5-6-14(2)22(18)24-21/h5-12H,4,13H2,1-3H3,(H,23,26). The largest absolute Gasteiger partial charge is 0.326 e. The molecule has 5 heteroatoms. The van der Waals surface area contributed by atoms with Crippen LogP contribution in [-0.4, -0.2) is 22.4 Å². The van der Waals surface area contributed by atoms with Crippen LogP contribution in [0.5, 0.6) is 0 Å². The smallest absolute Gasteiger partial charge is 0.224 e. The number of carbonyl (C=O) groups is 2. The zero-order valence-electron chi connectivity index (χ0n) is 15.7. The van der Waals surface area contributed by atoms with Crippen LogP contribution in [0.1, 0.15) is 34.8 Å². The Morgan fingerprint density at radius 3 is 2.48 bits per heavy atom. The Kier molecular flexibility index (Phi) is 5.91. The first kappa shape index (κ1) is 19.1. The van der Waals surface area contributed by atoms with Crippen LogP contribution in [0.25, 0.3) is 10.9 Å². The van der Waals surface area contributed by atoms with Crippen LogP contribution in [0.4, 0.5) is 5.69 Å². The molecule has 0 aliphatic heterocycles. The van der Waals surface area contributed by atoms with Crippen LogP contribution in [0.2, 0.25) is 0 Å². The molecule has 4 nitrogen and oxygen atoms in total. The molecule has 1 N–H and O–H groups in total. The van der Waals surface area contributed by atoms with E-state index >= 15 is 0 Å². The summed E-state index contributed by atoms with van der Waals surface area (Å²) in [6, 6.07) is 15.2. The van der Waals surface area contributed by atoms with E-state index in [9.17, 15) is 9.59 Å². The van der Waals surface area contributed by atoms with E-state index in [1.807, 2.05) is 25.1 Å². The summed E-state index contributed by atoms with van der Waals surface area (Å²) in [4.78, 5) is 28.6. The molecule has 1 amide bonds. The van der Waals surface area contributed by atoms with Crippen molar-refractivity contribution in [1.82, 2.24) is 4.98 Å². The number of rotatable bonds is 6. The summed E-state index contributed by atoms with van der Waals surface area (Å²) >= 11 is 1.45. The number of aromatic nitrogens is 1. The number of amides is 1. The van der Waals surface area contributed by atoms with E-state index in [1.165, 1.54) is 11.8 Å². The maximum atomic E-state index is 12.5. The quantitative estimate of drug-likeness (QED) is 0.474. The van der Waals surface area contributed by atoms with E-state index in [1.54, 1.807) is 31.2 Å². The first-order valence-corrected chi connectivity index (χ1v) is 9.89. The first-order valence-electron chi connectivity index (χ1n) is 8.91. The second kappa shape index (κ2) is 8.35. The van der Waals surface area contributed by atoms with Gasteiger partial charge in [0.15, 0.2) is 5.78 Å². The van der Waals surface area contributed by atoms with Crippen LogP contribution in [-0.2, 0) is 4.79 Å². The molecule has 138 valence electrons. The van der Waals surface area contributed by atoms with Gasteiger partial charge in [0.25, 0.3) is 0 Å². The van der Waals surface area contributed by atoms with Gasteiger partial charge in [-0.1, -0.05) is 36.9 Å². The number of fused-ring (bicyclic) bond motifs is 1. The van der Waals surface area contributed by atoms with E-state index in [0.717, 1.165) is 27.1 Å². The van der Waals surface area contributed by atoms with Crippen LogP contribution in [0.15, 0.2) is 53.6 Å². The summed E-state index contributed by atoms with van der Waals surface area (Å²) in [6.45, 7) is 5.92. The van der Waals surface area contributed by atoms with Crippen LogP contribution in [0, 0.1) is 13.8 Å². The number of aryl methyl sites for hydroxylation is 2. The molecule has 0 saturated heterocycles. The minimum Gasteiger partial charge on any atom is -0.326 e. The van der Waals surface area contributed by atoms with Gasteiger partial charge in [-0.2, -0.15) is 0 Å². The average Bonchev–Trinajstić information content (AvgIpc) is 2.67. The van der Waals surface area contributed by atoms with Gasteiger partial charge in [0.2, 0.25) is 5.91 Å². The molecule has 27 heavy (non-hydrogen) atoms. The highest BCUT2D eigenvalue weighted by atomic mass is 32.2. The van der Waals surface area contributed by atoms with Crippen molar-refractivity contribution in [2.75, 3.05) is 11.1 Å². The maximum absolute atomic E-state index is 12.5. The van der Waals surface area contributed by atoms with Crippen molar-refractivity contribution in [3.05, 3.63) is 65.2 Å². The number of ketones is 1. The van der Waals surface area contributed by atoms with E-state index in [4.69, 9.17) is 4.98 Å². The molecule has 0 radical (unpaired) electrons. The number of hydrogen-bond acceptors (Lipinski definition) is 4. The Hall–Kier alpha value is -2.66. The Balaban J connectivity index is 1.69. The number of nitrogens with one attached hydrogen (secondary N) is 1. The van der Waals surface area contributed by atoms with Crippen molar-refractivity contribution in [2.45, 2.75) is 32.2 Å². The lowest BCUT2D eigenvalue weighted by atomic mass is 10.1. The maximum Gasteiger partial charge on any atom is 0.224 e. The molecular weight excluding hydrogens is 356 g/mol. The zero-order valence-corrected chi connectivity index (χ0v) is 16.5. The first-order chi connectivity index (χ1) is 13.0. The third kappa shape index (κ3) is 4.55. The summed E-state index contributed by atoms with van der Waals surface area (Å²) in [6.07, 6.45) is 0.426. The molecule has 3 rings (SSSR count). The van der Waals surface area contributed by atoms with E-state index < -0.39 is 0 Å². The molecule has 3 aromatic rings. The van der Waals surface area contributed by atoms with Gasteiger partial charge < -0.3 is 5.32 Å². The van der Waals surface area contributed by atoms with Crippen molar-refractivity contribution in [1.29, 1.82) is 0 Å². The number of nitrogens with zero attached hydrogens (tertiary/aromatic N) is 1. The van der Waals surface area contributed by atoms with Gasteiger partial charge in [-0.3, -0.25) is 9.59 Å². The van der Waals surface area contributed by atoms with Crippen LogP contribution >= 0.6 is 11.8 Å². The fourth-order valence-electron chi connectivity index (χ4n) is 2.82. The van der Waals surface area contributed by atoms with Crippen molar-refractivity contribution in [2.24, 2.45) is 0 Å². The molecule has 0 aliphatic rings. The van der Waals surface area contributed by atoms with Gasteiger partial charge >= 0.3 is 0 Å². The van der Waals surface area contributed by atoms with Gasteiger partial charge in [-0.05, 0) is 55.3 Å². The summed E-state index contributed by atoms with van der Waals surface area (Å²) in [5, 5.41) is 4.78. The fraction of sp³-hybridized carbons (Fsp3) is 0.227. The second-order valence-corrected chi connectivity index (χ2v) is 7.44. The number of carbonyl (C=O) groups excluding carboxylic acids is 2. The Labute approximate surface area is 163 Å².